The van der Waals surface area contributed by atoms with Crippen molar-refractivity contribution >= 4 is 56.2 Å². The van der Waals surface area contributed by atoms with Crippen LogP contribution in [-0.4, -0.2) is 33.2 Å². The van der Waals surface area contributed by atoms with Crippen molar-refractivity contribution in [2.45, 2.75) is 13.0 Å². The Morgan fingerprint density at radius 1 is 1.13 bits per heavy atom. The number of benzene rings is 1. The maximum absolute atomic E-state index is 13.0. The first-order valence-corrected chi connectivity index (χ1v) is 11.0. The van der Waals surface area contributed by atoms with E-state index in [0.29, 0.717) is 35.0 Å². The van der Waals surface area contributed by atoms with Gasteiger partial charge in [0, 0.05) is 22.7 Å². The molecule has 2 amide bonds. The number of rotatable bonds is 3. The lowest BCUT2D eigenvalue weighted by molar-refractivity contribution is 0.0737. The van der Waals surface area contributed by atoms with Gasteiger partial charge in [0.2, 0.25) is 0 Å². The van der Waals surface area contributed by atoms with Gasteiger partial charge in [-0.1, -0.05) is 6.07 Å². The Bertz CT molecular complexity index is 1250. The summed E-state index contributed by atoms with van der Waals surface area (Å²) in [4.78, 5) is 38.0. The van der Waals surface area contributed by atoms with Gasteiger partial charge in [-0.05, 0) is 47.7 Å². The van der Waals surface area contributed by atoms with Crippen molar-refractivity contribution in [2.75, 3.05) is 17.6 Å². The van der Waals surface area contributed by atoms with Crippen LogP contribution in [0, 0.1) is 0 Å². The summed E-state index contributed by atoms with van der Waals surface area (Å²) in [7, 11) is 0. The third-order valence-corrected chi connectivity index (χ3v) is 7.08. The van der Waals surface area contributed by atoms with Crippen molar-refractivity contribution in [1.82, 2.24) is 14.9 Å². The molecule has 5 rings (SSSR count). The summed E-state index contributed by atoms with van der Waals surface area (Å²) >= 11 is 2.95. The van der Waals surface area contributed by atoms with Gasteiger partial charge in [0.1, 0.15) is 17.0 Å². The van der Waals surface area contributed by atoms with Crippen molar-refractivity contribution in [3.63, 3.8) is 0 Å². The minimum Gasteiger partial charge on any atom is -0.383 e. The van der Waals surface area contributed by atoms with E-state index in [1.807, 2.05) is 16.3 Å². The van der Waals surface area contributed by atoms with Crippen molar-refractivity contribution in [1.29, 1.82) is 0 Å². The van der Waals surface area contributed by atoms with Gasteiger partial charge >= 0.3 is 0 Å². The smallest absolute Gasteiger partial charge is 0.265 e. The molecule has 30 heavy (non-hydrogen) atoms. The van der Waals surface area contributed by atoms with E-state index in [0.717, 1.165) is 27.1 Å². The number of hydrogen-bond acceptors (Lipinski definition) is 7. The summed E-state index contributed by atoms with van der Waals surface area (Å²) in [5.74, 6) is 0.311. The van der Waals surface area contributed by atoms with Crippen molar-refractivity contribution in [3.05, 3.63) is 69.0 Å². The fraction of sp³-hybridized carbons (Fsp3) is 0.143. The van der Waals surface area contributed by atoms with Crippen LogP contribution in [0.3, 0.4) is 0 Å². The first-order chi connectivity index (χ1) is 14.6. The molecule has 4 aromatic rings. The fourth-order valence-electron chi connectivity index (χ4n) is 3.60. The first-order valence-electron chi connectivity index (χ1n) is 9.35. The van der Waals surface area contributed by atoms with E-state index in [1.54, 1.807) is 41.7 Å². The lowest BCUT2D eigenvalue weighted by atomic mass is 10.0. The largest absolute Gasteiger partial charge is 0.383 e. The zero-order valence-corrected chi connectivity index (χ0v) is 17.4. The summed E-state index contributed by atoms with van der Waals surface area (Å²) in [6.07, 6.45) is 2.20. The molecule has 7 nitrogen and oxygen atoms in total. The highest BCUT2D eigenvalue weighted by molar-refractivity contribution is 7.19. The topological polar surface area (TPSA) is 101 Å². The second-order valence-corrected chi connectivity index (χ2v) is 8.96. The number of carbonyl (C=O) groups excluding carboxylic acids is 2. The fourth-order valence-corrected chi connectivity index (χ4v) is 5.43. The molecule has 150 valence electrons. The van der Waals surface area contributed by atoms with E-state index in [4.69, 9.17) is 5.73 Å². The van der Waals surface area contributed by atoms with Crippen LogP contribution in [0.1, 0.15) is 30.5 Å². The highest BCUT2D eigenvalue weighted by atomic mass is 32.1. The van der Waals surface area contributed by atoms with Crippen LogP contribution >= 0.6 is 22.7 Å². The van der Waals surface area contributed by atoms with Crippen molar-refractivity contribution < 1.29 is 9.59 Å². The van der Waals surface area contributed by atoms with Gasteiger partial charge in [-0.15, -0.1) is 22.7 Å². The van der Waals surface area contributed by atoms with Crippen LogP contribution < -0.4 is 11.1 Å². The molecule has 0 bridgehead atoms. The molecule has 0 unspecified atom stereocenters. The number of aromatic nitrogens is 2. The zero-order chi connectivity index (χ0) is 20.7. The van der Waals surface area contributed by atoms with E-state index in [2.05, 4.69) is 15.3 Å². The molecule has 4 heterocycles. The van der Waals surface area contributed by atoms with Crippen molar-refractivity contribution in [2.24, 2.45) is 0 Å². The van der Waals surface area contributed by atoms with Gasteiger partial charge in [0.25, 0.3) is 11.8 Å². The maximum Gasteiger partial charge on any atom is 0.265 e. The zero-order valence-electron chi connectivity index (χ0n) is 15.8. The lowest BCUT2D eigenvalue weighted by Crippen LogP contribution is -2.35. The molecule has 0 saturated heterocycles. The molecule has 1 aromatic carbocycles. The molecule has 1 aliphatic rings. The number of nitrogens with two attached hydrogens (primary N) is 1. The lowest BCUT2D eigenvalue weighted by Gasteiger charge is -2.27. The van der Waals surface area contributed by atoms with Gasteiger partial charge in [0.05, 0.1) is 16.8 Å². The quantitative estimate of drug-likeness (QED) is 0.510. The summed E-state index contributed by atoms with van der Waals surface area (Å²) in [5, 5.41) is 5.63. The third kappa shape index (κ3) is 3.31. The normalized spacial score (nSPS) is 13.3. The van der Waals surface area contributed by atoms with Crippen LogP contribution in [0.5, 0.6) is 0 Å². The van der Waals surface area contributed by atoms with E-state index in [9.17, 15) is 9.59 Å². The molecule has 0 aliphatic carbocycles. The molecule has 3 aromatic heterocycles. The second kappa shape index (κ2) is 7.51. The van der Waals surface area contributed by atoms with Crippen LogP contribution in [0.2, 0.25) is 0 Å². The number of hydrogen-bond donors (Lipinski definition) is 2. The number of nitrogens with one attached hydrogen (secondary N) is 1. The van der Waals surface area contributed by atoms with E-state index in [1.165, 1.54) is 17.7 Å². The number of amides is 2. The summed E-state index contributed by atoms with van der Waals surface area (Å²) in [6.45, 7) is 1.15. The highest BCUT2D eigenvalue weighted by Gasteiger charge is 2.26. The van der Waals surface area contributed by atoms with Gasteiger partial charge in [-0.2, -0.15) is 0 Å². The van der Waals surface area contributed by atoms with Gasteiger partial charge in [-0.3, -0.25) is 9.59 Å². The molecule has 3 N–H and O–H groups in total. The minimum absolute atomic E-state index is 0.0340. The molecular formula is C21H17N5O2S2. The van der Waals surface area contributed by atoms with E-state index in [-0.39, 0.29) is 11.8 Å². The minimum atomic E-state index is -0.153. The van der Waals surface area contributed by atoms with Crippen LogP contribution in [0.4, 0.5) is 11.5 Å². The average Bonchev–Trinajstić information content (AvgIpc) is 3.42. The molecule has 0 saturated carbocycles. The Kier molecular flexibility index (Phi) is 4.68. The molecule has 0 atom stereocenters. The van der Waals surface area contributed by atoms with E-state index >= 15 is 0 Å². The maximum atomic E-state index is 13.0. The number of nitrogen functional groups attached to an aromatic ring is 1. The van der Waals surface area contributed by atoms with Crippen LogP contribution in [0.15, 0.2) is 48.1 Å². The van der Waals surface area contributed by atoms with Gasteiger partial charge in [0.15, 0.2) is 0 Å². The Morgan fingerprint density at radius 3 is 2.73 bits per heavy atom. The molecule has 0 radical (unpaired) electrons. The molecule has 0 spiro atoms. The van der Waals surface area contributed by atoms with Crippen LogP contribution in [-0.2, 0) is 13.0 Å². The Morgan fingerprint density at radius 2 is 1.97 bits per heavy atom. The standard InChI is InChI=1S/C21H17N5O2S2/c22-18-17-14-7-8-26(10-16(14)30-20(17)24-11-23-18)21(28)12-3-5-13(6-4-12)25-19(27)15-2-1-9-29-15/h1-6,9,11H,7-8,10H2,(H,25,27)(H2,22,23,24). The summed E-state index contributed by atoms with van der Waals surface area (Å²) in [5.41, 5.74) is 8.44. The van der Waals surface area contributed by atoms with Crippen molar-refractivity contribution in [3.8, 4) is 0 Å². The number of fused-ring (bicyclic) bond motifs is 3. The molecule has 9 heteroatoms. The predicted molar refractivity (Wildman–Crippen MR) is 119 cm³/mol. The summed E-state index contributed by atoms with van der Waals surface area (Å²) < 4.78 is 0. The number of carbonyl (C=O) groups is 2. The molecule has 1 aliphatic heterocycles. The number of anilines is 2. The average molecular weight is 436 g/mol. The third-order valence-electron chi connectivity index (χ3n) is 5.09. The second-order valence-electron chi connectivity index (χ2n) is 6.93. The van der Waals surface area contributed by atoms with Gasteiger partial charge < -0.3 is 16.0 Å². The number of thiophene rings is 2. The van der Waals surface area contributed by atoms with Gasteiger partial charge in [-0.25, -0.2) is 9.97 Å². The summed E-state index contributed by atoms with van der Waals surface area (Å²) in [6, 6.07) is 10.6. The number of nitrogens with zero attached hydrogens (tertiary/aromatic N) is 3. The molecule has 0 fully saturated rings. The Hall–Kier alpha value is -3.30. The first kappa shape index (κ1) is 18.7. The Labute approximate surface area is 180 Å². The SMILES string of the molecule is Nc1ncnc2sc3c(c12)CCN(C(=O)c1ccc(NC(=O)c2cccs2)cc1)C3. The van der Waals surface area contributed by atoms with E-state index < -0.39 is 0 Å². The highest BCUT2D eigenvalue weighted by Crippen LogP contribution is 2.36. The predicted octanol–water partition coefficient (Wildman–Crippen LogP) is 3.79. The van der Waals surface area contributed by atoms with Crippen LogP contribution in [0.25, 0.3) is 10.2 Å². The molecular weight excluding hydrogens is 418 g/mol. The Balaban J connectivity index is 1.31. The monoisotopic (exact) mass is 435 g/mol.